The highest BCUT2D eigenvalue weighted by molar-refractivity contribution is 5.97. The Hall–Kier alpha value is -3.41. The molecule has 0 spiro atoms. The van der Waals surface area contributed by atoms with E-state index >= 15 is 0 Å². The third-order valence-electron chi connectivity index (χ3n) is 4.65. The molecular weight excluding hydrogens is 354 g/mol. The molecule has 3 amide bonds. The zero-order valence-corrected chi connectivity index (χ0v) is 16.2. The first kappa shape index (κ1) is 19.4. The molecule has 0 saturated heterocycles. The van der Waals surface area contributed by atoms with Crippen LogP contribution >= 0.6 is 0 Å². The number of anilines is 1. The van der Waals surface area contributed by atoms with Crippen LogP contribution in [-0.2, 0) is 9.59 Å². The molecular formula is C22H23N3O3. The Labute approximate surface area is 164 Å². The molecule has 1 atom stereocenters. The fourth-order valence-corrected chi connectivity index (χ4v) is 3.29. The van der Waals surface area contributed by atoms with Crippen molar-refractivity contribution in [2.75, 3.05) is 19.4 Å². The van der Waals surface area contributed by atoms with Crippen LogP contribution in [0.3, 0.4) is 0 Å². The maximum absolute atomic E-state index is 12.7. The second-order valence-corrected chi connectivity index (χ2v) is 6.92. The highest BCUT2D eigenvalue weighted by Gasteiger charge is 2.28. The van der Waals surface area contributed by atoms with Crippen molar-refractivity contribution in [2.45, 2.75) is 19.4 Å². The molecule has 0 unspecified atom stereocenters. The summed E-state index contributed by atoms with van der Waals surface area (Å²) in [6.45, 7) is 1.49. The quantitative estimate of drug-likeness (QED) is 0.889. The summed E-state index contributed by atoms with van der Waals surface area (Å²) in [5.74, 6) is -0.483. The van der Waals surface area contributed by atoms with E-state index in [9.17, 15) is 14.4 Å². The number of nitrogens with one attached hydrogen (secondary N) is 1. The molecule has 1 N–H and O–H groups in total. The topological polar surface area (TPSA) is 69.7 Å². The van der Waals surface area contributed by atoms with Gasteiger partial charge in [0.1, 0.15) is 0 Å². The second-order valence-electron chi connectivity index (χ2n) is 6.92. The highest BCUT2D eigenvalue weighted by Crippen LogP contribution is 2.33. The number of fused-ring (bicyclic) bond motifs is 1. The van der Waals surface area contributed by atoms with Crippen LogP contribution in [0.2, 0.25) is 0 Å². The molecule has 0 aliphatic carbocycles. The van der Waals surface area contributed by atoms with Gasteiger partial charge >= 0.3 is 0 Å². The van der Waals surface area contributed by atoms with Crippen LogP contribution in [0.25, 0.3) is 6.08 Å². The number of rotatable bonds is 4. The monoisotopic (exact) mass is 377 g/mol. The molecule has 6 heteroatoms. The number of hydrogen-bond acceptors (Lipinski definition) is 3. The van der Waals surface area contributed by atoms with Crippen molar-refractivity contribution in [2.24, 2.45) is 0 Å². The van der Waals surface area contributed by atoms with Crippen molar-refractivity contribution in [3.8, 4) is 0 Å². The van der Waals surface area contributed by atoms with Crippen molar-refractivity contribution in [3.63, 3.8) is 0 Å². The molecule has 2 aromatic carbocycles. The Bertz CT molecular complexity index is 950. The van der Waals surface area contributed by atoms with Crippen LogP contribution in [0.4, 0.5) is 5.69 Å². The van der Waals surface area contributed by atoms with Gasteiger partial charge in [0.25, 0.3) is 5.91 Å². The van der Waals surface area contributed by atoms with E-state index in [1.165, 1.54) is 11.8 Å². The average Bonchev–Trinajstić information content (AvgIpc) is 2.67. The highest BCUT2D eigenvalue weighted by atomic mass is 16.2. The first-order valence-electron chi connectivity index (χ1n) is 9.04. The summed E-state index contributed by atoms with van der Waals surface area (Å²) in [7, 11) is 3.36. The van der Waals surface area contributed by atoms with Crippen LogP contribution in [0.1, 0.15) is 40.9 Å². The van der Waals surface area contributed by atoms with E-state index in [4.69, 9.17) is 0 Å². The molecule has 6 nitrogen and oxygen atoms in total. The lowest BCUT2D eigenvalue weighted by Crippen LogP contribution is -2.33. The first-order chi connectivity index (χ1) is 13.4. The predicted molar refractivity (Wildman–Crippen MR) is 108 cm³/mol. The van der Waals surface area contributed by atoms with Gasteiger partial charge in [0.2, 0.25) is 11.8 Å². The SMILES string of the molecule is CC(=O)N1C=Cc2ccccc2[C@H]1CC(=O)Nc1cccc(C(=O)N(C)C)c1. The minimum absolute atomic E-state index is 0.118. The zero-order chi connectivity index (χ0) is 20.3. The summed E-state index contributed by atoms with van der Waals surface area (Å²) < 4.78 is 0. The number of hydrogen-bond donors (Lipinski definition) is 1. The van der Waals surface area contributed by atoms with Gasteiger partial charge in [-0.1, -0.05) is 30.3 Å². The van der Waals surface area contributed by atoms with E-state index in [1.54, 1.807) is 49.5 Å². The largest absolute Gasteiger partial charge is 0.345 e. The summed E-state index contributed by atoms with van der Waals surface area (Å²) in [5, 5.41) is 2.84. The van der Waals surface area contributed by atoms with Crippen molar-refractivity contribution < 1.29 is 14.4 Å². The lowest BCUT2D eigenvalue weighted by atomic mass is 9.93. The third-order valence-corrected chi connectivity index (χ3v) is 4.65. The summed E-state index contributed by atoms with van der Waals surface area (Å²) >= 11 is 0. The maximum atomic E-state index is 12.7. The molecule has 0 radical (unpaired) electrons. The minimum Gasteiger partial charge on any atom is -0.345 e. The molecule has 144 valence electrons. The number of nitrogens with zero attached hydrogens (tertiary/aromatic N) is 2. The van der Waals surface area contributed by atoms with E-state index < -0.39 is 0 Å². The van der Waals surface area contributed by atoms with Gasteiger partial charge in [-0.3, -0.25) is 14.4 Å². The Kier molecular flexibility index (Phi) is 5.59. The molecule has 28 heavy (non-hydrogen) atoms. The second kappa shape index (κ2) is 8.08. The first-order valence-corrected chi connectivity index (χ1v) is 9.04. The Morgan fingerprint density at radius 3 is 2.54 bits per heavy atom. The lowest BCUT2D eigenvalue weighted by Gasteiger charge is -2.32. The van der Waals surface area contributed by atoms with Crippen LogP contribution in [0, 0.1) is 0 Å². The van der Waals surface area contributed by atoms with Gasteiger partial charge in [0.15, 0.2) is 0 Å². The molecule has 0 bridgehead atoms. The average molecular weight is 377 g/mol. The van der Waals surface area contributed by atoms with E-state index in [1.807, 2.05) is 30.3 Å². The molecule has 3 rings (SSSR count). The number of carbonyl (C=O) groups is 3. The normalized spacial score (nSPS) is 15.0. The van der Waals surface area contributed by atoms with E-state index in [2.05, 4.69) is 5.32 Å². The van der Waals surface area contributed by atoms with Crippen molar-refractivity contribution in [3.05, 3.63) is 71.4 Å². The number of amides is 3. The molecule has 1 heterocycles. The standard InChI is InChI=1S/C22H23N3O3/c1-15(26)25-12-11-16-7-4-5-10-19(16)20(25)14-21(27)23-18-9-6-8-17(13-18)22(28)24(2)3/h4-13,20H,14H2,1-3H3,(H,23,27)/t20-/m1/s1. The maximum Gasteiger partial charge on any atom is 0.253 e. The Morgan fingerprint density at radius 1 is 1.07 bits per heavy atom. The lowest BCUT2D eigenvalue weighted by molar-refractivity contribution is -0.129. The number of carbonyl (C=O) groups excluding carboxylic acids is 3. The van der Waals surface area contributed by atoms with Crippen LogP contribution in [0.5, 0.6) is 0 Å². The van der Waals surface area contributed by atoms with Crippen molar-refractivity contribution in [1.29, 1.82) is 0 Å². The predicted octanol–water partition coefficient (Wildman–Crippen LogP) is 3.29. The molecule has 2 aromatic rings. The number of benzene rings is 2. The van der Waals surface area contributed by atoms with Crippen LogP contribution < -0.4 is 5.32 Å². The van der Waals surface area contributed by atoms with Crippen LogP contribution in [-0.4, -0.2) is 41.6 Å². The fraction of sp³-hybridized carbons (Fsp3) is 0.227. The summed E-state index contributed by atoms with van der Waals surface area (Å²) in [6.07, 6.45) is 3.72. The van der Waals surface area contributed by atoms with E-state index in [0.29, 0.717) is 11.3 Å². The van der Waals surface area contributed by atoms with Crippen LogP contribution in [0.15, 0.2) is 54.7 Å². The fourth-order valence-electron chi connectivity index (χ4n) is 3.29. The van der Waals surface area contributed by atoms with Crippen molar-refractivity contribution in [1.82, 2.24) is 9.80 Å². The van der Waals surface area contributed by atoms with Crippen molar-refractivity contribution >= 4 is 29.5 Å². The summed E-state index contributed by atoms with van der Waals surface area (Å²) in [6, 6.07) is 14.2. The summed E-state index contributed by atoms with van der Waals surface area (Å²) in [5.41, 5.74) is 2.98. The van der Waals surface area contributed by atoms with Gasteiger partial charge < -0.3 is 15.1 Å². The van der Waals surface area contributed by atoms with Gasteiger partial charge in [0, 0.05) is 38.5 Å². The van der Waals surface area contributed by atoms with E-state index in [-0.39, 0.29) is 30.2 Å². The van der Waals surface area contributed by atoms with Gasteiger partial charge in [-0.2, -0.15) is 0 Å². The smallest absolute Gasteiger partial charge is 0.253 e. The molecule has 0 saturated carbocycles. The van der Waals surface area contributed by atoms with Gasteiger partial charge in [0.05, 0.1) is 12.5 Å². The van der Waals surface area contributed by atoms with Gasteiger partial charge in [-0.15, -0.1) is 0 Å². The molecule has 1 aliphatic rings. The molecule has 1 aliphatic heterocycles. The Morgan fingerprint density at radius 2 is 1.82 bits per heavy atom. The molecule has 0 aromatic heterocycles. The zero-order valence-electron chi connectivity index (χ0n) is 16.2. The molecule has 0 fully saturated rings. The minimum atomic E-state index is -0.370. The summed E-state index contributed by atoms with van der Waals surface area (Å²) in [4.78, 5) is 39.9. The Balaban J connectivity index is 1.78. The third kappa shape index (κ3) is 4.11. The van der Waals surface area contributed by atoms with Gasteiger partial charge in [-0.05, 0) is 35.4 Å². The van der Waals surface area contributed by atoms with Gasteiger partial charge in [-0.25, -0.2) is 0 Å². The van der Waals surface area contributed by atoms with E-state index in [0.717, 1.165) is 11.1 Å².